The van der Waals surface area contributed by atoms with Crippen molar-refractivity contribution in [1.29, 1.82) is 0 Å². The van der Waals surface area contributed by atoms with Crippen LogP contribution in [0.15, 0.2) is 46.9 Å². The lowest BCUT2D eigenvalue weighted by Gasteiger charge is -2.13. The summed E-state index contributed by atoms with van der Waals surface area (Å²) >= 11 is 3.37. The average molecular weight is 312 g/mol. The van der Waals surface area contributed by atoms with Crippen LogP contribution < -0.4 is 5.73 Å². The maximum Gasteiger partial charge on any atom is 0.130 e. The summed E-state index contributed by atoms with van der Waals surface area (Å²) in [6, 6.07) is 10.6. The van der Waals surface area contributed by atoms with Gasteiger partial charge in [0.1, 0.15) is 11.6 Å². The number of halogens is 3. The van der Waals surface area contributed by atoms with Gasteiger partial charge in [-0.15, -0.1) is 0 Å². The minimum Gasteiger partial charge on any atom is -0.324 e. The van der Waals surface area contributed by atoms with Crippen LogP contribution in [-0.4, -0.2) is 0 Å². The van der Waals surface area contributed by atoms with Crippen molar-refractivity contribution in [2.24, 2.45) is 5.73 Å². The molecule has 2 aromatic rings. The molecule has 0 aliphatic carbocycles. The first-order chi connectivity index (χ1) is 8.56. The van der Waals surface area contributed by atoms with Gasteiger partial charge in [0.25, 0.3) is 0 Å². The fourth-order valence-electron chi connectivity index (χ4n) is 1.83. The Hall–Kier alpha value is -1.26. The molecule has 0 saturated carbocycles. The van der Waals surface area contributed by atoms with E-state index < -0.39 is 17.7 Å². The molecule has 0 spiro atoms. The van der Waals surface area contributed by atoms with Gasteiger partial charge >= 0.3 is 0 Å². The first-order valence-electron chi connectivity index (χ1n) is 5.51. The van der Waals surface area contributed by atoms with Gasteiger partial charge < -0.3 is 5.73 Å². The number of hydrogen-bond donors (Lipinski definition) is 1. The average Bonchev–Trinajstić information content (AvgIpc) is 2.28. The molecule has 0 fully saturated rings. The summed E-state index contributed by atoms with van der Waals surface area (Å²) in [6.07, 6.45) is 0.502. The molecular weight excluding hydrogens is 300 g/mol. The maximum atomic E-state index is 13.6. The van der Waals surface area contributed by atoms with Gasteiger partial charge in [0.15, 0.2) is 0 Å². The first kappa shape index (κ1) is 13.2. The van der Waals surface area contributed by atoms with Gasteiger partial charge in [0.2, 0.25) is 0 Å². The molecule has 0 aliphatic rings. The van der Waals surface area contributed by atoms with E-state index in [4.69, 9.17) is 5.73 Å². The van der Waals surface area contributed by atoms with Crippen LogP contribution >= 0.6 is 15.9 Å². The molecular formula is C14H12BrF2N. The molecule has 0 heterocycles. The topological polar surface area (TPSA) is 26.0 Å². The highest BCUT2D eigenvalue weighted by Gasteiger charge is 2.12. The van der Waals surface area contributed by atoms with E-state index in [-0.39, 0.29) is 0 Å². The zero-order valence-corrected chi connectivity index (χ0v) is 11.1. The molecule has 0 radical (unpaired) electrons. The van der Waals surface area contributed by atoms with Gasteiger partial charge in [-0.3, -0.25) is 0 Å². The zero-order chi connectivity index (χ0) is 13.1. The molecule has 4 heteroatoms. The molecule has 0 aliphatic heterocycles. The second-order valence-electron chi connectivity index (χ2n) is 4.11. The van der Waals surface area contributed by atoms with Crippen molar-refractivity contribution in [2.75, 3.05) is 0 Å². The quantitative estimate of drug-likeness (QED) is 0.912. The lowest BCUT2D eigenvalue weighted by Crippen LogP contribution is -2.15. The minimum absolute atomic E-state index is 0.330. The van der Waals surface area contributed by atoms with Crippen molar-refractivity contribution >= 4 is 15.9 Å². The van der Waals surface area contributed by atoms with Gasteiger partial charge in [-0.2, -0.15) is 0 Å². The molecule has 18 heavy (non-hydrogen) atoms. The summed E-state index contributed by atoms with van der Waals surface area (Å²) in [6.45, 7) is 0. The molecule has 0 saturated heterocycles. The number of benzene rings is 2. The van der Waals surface area contributed by atoms with E-state index in [0.29, 0.717) is 12.0 Å². The Balaban J connectivity index is 2.19. The van der Waals surface area contributed by atoms with E-state index in [9.17, 15) is 8.78 Å². The van der Waals surface area contributed by atoms with Crippen LogP contribution in [-0.2, 0) is 6.42 Å². The van der Waals surface area contributed by atoms with Crippen molar-refractivity contribution in [3.05, 3.63) is 69.7 Å². The molecule has 0 bridgehead atoms. The fourth-order valence-corrected chi connectivity index (χ4v) is 2.28. The van der Waals surface area contributed by atoms with Gasteiger partial charge in [0.05, 0.1) is 0 Å². The van der Waals surface area contributed by atoms with Crippen LogP contribution in [0, 0.1) is 11.6 Å². The highest BCUT2D eigenvalue weighted by Crippen LogP contribution is 2.21. The van der Waals surface area contributed by atoms with Crippen molar-refractivity contribution in [3.63, 3.8) is 0 Å². The fraction of sp³-hybridized carbons (Fsp3) is 0.143. The van der Waals surface area contributed by atoms with Crippen LogP contribution in [0.2, 0.25) is 0 Å². The number of rotatable bonds is 3. The van der Waals surface area contributed by atoms with E-state index in [2.05, 4.69) is 15.9 Å². The Kier molecular flexibility index (Phi) is 4.09. The number of nitrogens with two attached hydrogens (primary N) is 1. The highest BCUT2D eigenvalue weighted by molar-refractivity contribution is 9.10. The van der Waals surface area contributed by atoms with E-state index in [1.54, 1.807) is 0 Å². The third-order valence-corrected chi connectivity index (χ3v) is 3.20. The molecule has 2 N–H and O–H groups in total. The van der Waals surface area contributed by atoms with Crippen LogP contribution in [0.3, 0.4) is 0 Å². The lowest BCUT2D eigenvalue weighted by atomic mass is 9.99. The Morgan fingerprint density at radius 2 is 1.89 bits per heavy atom. The molecule has 94 valence electrons. The maximum absolute atomic E-state index is 13.6. The van der Waals surface area contributed by atoms with Crippen molar-refractivity contribution in [3.8, 4) is 0 Å². The van der Waals surface area contributed by atoms with Crippen LogP contribution in [0.1, 0.15) is 17.2 Å². The summed E-state index contributed by atoms with van der Waals surface area (Å²) < 4.78 is 27.3. The zero-order valence-electron chi connectivity index (χ0n) is 9.54. The van der Waals surface area contributed by atoms with Gasteiger partial charge in [-0.1, -0.05) is 34.1 Å². The summed E-state index contributed by atoms with van der Waals surface area (Å²) in [7, 11) is 0. The Morgan fingerprint density at radius 1 is 1.11 bits per heavy atom. The van der Waals surface area contributed by atoms with Crippen LogP contribution in [0.4, 0.5) is 8.78 Å². The molecule has 0 amide bonds. The lowest BCUT2D eigenvalue weighted by molar-refractivity contribution is 0.554. The normalized spacial score (nSPS) is 12.4. The van der Waals surface area contributed by atoms with Crippen molar-refractivity contribution in [1.82, 2.24) is 0 Å². The van der Waals surface area contributed by atoms with Crippen LogP contribution in [0.5, 0.6) is 0 Å². The van der Waals surface area contributed by atoms with Crippen LogP contribution in [0.25, 0.3) is 0 Å². The minimum atomic E-state index is -0.600. The predicted octanol–water partition coefficient (Wildman–Crippen LogP) is 3.97. The molecule has 2 aromatic carbocycles. The Labute approximate surface area is 113 Å². The Bertz CT molecular complexity index is 557. The van der Waals surface area contributed by atoms with Gasteiger partial charge in [0, 0.05) is 22.1 Å². The summed E-state index contributed by atoms with van der Waals surface area (Å²) in [5.74, 6) is -1.19. The largest absolute Gasteiger partial charge is 0.324 e. The van der Waals surface area contributed by atoms with E-state index in [1.165, 1.54) is 12.1 Å². The molecule has 1 atom stereocenters. The second-order valence-corrected chi connectivity index (χ2v) is 5.02. The monoisotopic (exact) mass is 311 g/mol. The van der Waals surface area contributed by atoms with E-state index >= 15 is 0 Å². The Morgan fingerprint density at radius 3 is 2.56 bits per heavy atom. The third kappa shape index (κ3) is 3.15. The number of hydrogen-bond acceptors (Lipinski definition) is 1. The second kappa shape index (κ2) is 5.59. The first-order valence-corrected chi connectivity index (χ1v) is 6.30. The molecule has 1 unspecified atom stereocenters. The van der Waals surface area contributed by atoms with E-state index in [1.807, 2.05) is 24.3 Å². The van der Waals surface area contributed by atoms with Crippen molar-refractivity contribution in [2.45, 2.75) is 12.5 Å². The molecule has 2 rings (SSSR count). The van der Waals surface area contributed by atoms with Crippen molar-refractivity contribution < 1.29 is 8.78 Å². The summed E-state index contributed by atoms with van der Waals surface area (Å²) in [4.78, 5) is 0. The van der Waals surface area contributed by atoms with E-state index in [0.717, 1.165) is 16.1 Å². The van der Waals surface area contributed by atoms with Gasteiger partial charge in [-0.05, 0) is 30.2 Å². The molecule has 0 aromatic heterocycles. The van der Waals surface area contributed by atoms with Gasteiger partial charge in [-0.25, -0.2) is 8.78 Å². The summed E-state index contributed by atoms with van der Waals surface area (Å²) in [5.41, 5.74) is 7.28. The predicted molar refractivity (Wildman–Crippen MR) is 71.1 cm³/mol. The highest BCUT2D eigenvalue weighted by atomic mass is 79.9. The smallest absolute Gasteiger partial charge is 0.130 e. The SMILES string of the molecule is NC(Cc1cccc(Br)c1)c1ccc(F)cc1F. The third-order valence-electron chi connectivity index (χ3n) is 2.71. The standard InChI is InChI=1S/C14H12BrF2N/c15-10-3-1-2-9(6-10)7-14(18)12-5-4-11(16)8-13(12)17/h1-6,8,14H,7,18H2. The summed E-state index contributed by atoms with van der Waals surface area (Å²) in [5, 5.41) is 0. The molecule has 1 nitrogen and oxygen atoms in total.